The predicted molar refractivity (Wildman–Crippen MR) is 64.7 cm³/mol. The smallest absolute Gasteiger partial charge is 0.248 e. The van der Waals surface area contributed by atoms with Gasteiger partial charge >= 0.3 is 0 Å². The van der Waals surface area contributed by atoms with Crippen molar-refractivity contribution in [3.05, 3.63) is 35.4 Å². The standard InChI is InChI=1S/C13H16N2O/c1-2-3-4-9-15-10-11-5-7-12(8-6-11)13(14)16/h5-8,15H,4,9-10H2,1H3,(H2,14,16). The highest BCUT2D eigenvalue weighted by Gasteiger charge is 1.98. The minimum atomic E-state index is -0.391. The van der Waals surface area contributed by atoms with E-state index < -0.39 is 5.91 Å². The van der Waals surface area contributed by atoms with Crippen LogP contribution in [0, 0.1) is 11.8 Å². The van der Waals surface area contributed by atoms with Crippen LogP contribution in [0.25, 0.3) is 0 Å². The van der Waals surface area contributed by atoms with Gasteiger partial charge in [0.05, 0.1) is 0 Å². The molecule has 0 aliphatic rings. The van der Waals surface area contributed by atoms with Gasteiger partial charge in [-0.05, 0) is 24.6 Å². The molecule has 0 heterocycles. The lowest BCUT2D eigenvalue weighted by atomic mass is 10.1. The molecule has 0 spiro atoms. The molecule has 0 unspecified atom stereocenters. The van der Waals surface area contributed by atoms with E-state index in [-0.39, 0.29) is 0 Å². The van der Waals surface area contributed by atoms with E-state index in [1.165, 1.54) is 0 Å². The van der Waals surface area contributed by atoms with Gasteiger partial charge in [0.15, 0.2) is 0 Å². The van der Waals surface area contributed by atoms with Gasteiger partial charge in [0.1, 0.15) is 0 Å². The average Bonchev–Trinajstić information content (AvgIpc) is 2.29. The van der Waals surface area contributed by atoms with Gasteiger partial charge in [0, 0.05) is 25.1 Å². The molecule has 0 fully saturated rings. The molecule has 1 aromatic carbocycles. The molecule has 1 amide bonds. The van der Waals surface area contributed by atoms with Gasteiger partial charge in [-0.15, -0.1) is 11.8 Å². The lowest BCUT2D eigenvalue weighted by Crippen LogP contribution is -2.15. The van der Waals surface area contributed by atoms with Gasteiger partial charge in [-0.1, -0.05) is 12.1 Å². The zero-order valence-electron chi connectivity index (χ0n) is 9.42. The summed E-state index contributed by atoms with van der Waals surface area (Å²) in [6.07, 6.45) is 0.857. The molecule has 0 saturated carbocycles. The van der Waals surface area contributed by atoms with Crippen LogP contribution < -0.4 is 11.1 Å². The summed E-state index contributed by atoms with van der Waals surface area (Å²) in [5.41, 5.74) is 6.83. The van der Waals surface area contributed by atoms with Gasteiger partial charge in [-0.2, -0.15) is 0 Å². The number of hydrogen-bond acceptors (Lipinski definition) is 2. The molecule has 3 N–H and O–H groups in total. The van der Waals surface area contributed by atoms with Crippen molar-refractivity contribution in [3.63, 3.8) is 0 Å². The number of rotatable bonds is 5. The second-order valence-electron chi connectivity index (χ2n) is 3.41. The van der Waals surface area contributed by atoms with Gasteiger partial charge in [0.25, 0.3) is 0 Å². The van der Waals surface area contributed by atoms with Crippen molar-refractivity contribution in [2.45, 2.75) is 19.9 Å². The summed E-state index contributed by atoms with van der Waals surface area (Å²) in [6.45, 7) is 3.49. The summed E-state index contributed by atoms with van der Waals surface area (Å²) in [5, 5.41) is 3.27. The topological polar surface area (TPSA) is 55.1 Å². The van der Waals surface area contributed by atoms with E-state index in [1.54, 1.807) is 12.1 Å². The van der Waals surface area contributed by atoms with Crippen molar-refractivity contribution >= 4 is 5.91 Å². The number of nitrogens with one attached hydrogen (secondary N) is 1. The van der Waals surface area contributed by atoms with Gasteiger partial charge in [0.2, 0.25) is 5.91 Å². The Bertz CT molecular complexity index is 398. The Kier molecular flexibility index (Phi) is 5.10. The Morgan fingerprint density at radius 2 is 2.06 bits per heavy atom. The summed E-state index contributed by atoms with van der Waals surface area (Å²) < 4.78 is 0. The van der Waals surface area contributed by atoms with Crippen molar-refractivity contribution < 1.29 is 4.79 Å². The maximum absolute atomic E-state index is 10.8. The fourth-order valence-corrected chi connectivity index (χ4v) is 1.30. The first-order valence-electron chi connectivity index (χ1n) is 5.23. The monoisotopic (exact) mass is 216 g/mol. The van der Waals surface area contributed by atoms with E-state index in [0.29, 0.717) is 5.56 Å². The Morgan fingerprint density at radius 1 is 1.38 bits per heavy atom. The third kappa shape index (κ3) is 4.16. The van der Waals surface area contributed by atoms with Crippen LogP contribution in [0.1, 0.15) is 29.3 Å². The Morgan fingerprint density at radius 3 is 2.62 bits per heavy atom. The van der Waals surface area contributed by atoms with E-state index in [4.69, 9.17) is 5.73 Å². The van der Waals surface area contributed by atoms with Crippen LogP contribution in [0.2, 0.25) is 0 Å². The lowest BCUT2D eigenvalue weighted by Gasteiger charge is -2.03. The van der Waals surface area contributed by atoms with Gasteiger partial charge in [-0.3, -0.25) is 4.79 Å². The summed E-state index contributed by atoms with van der Waals surface area (Å²) in [7, 11) is 0. The van der Waals surface area contributed by atoms with Crippen molar-refractivity contribution in [1.82, 2.24) is 5.32 Å². The SMILES string of the molecule is CC#CCCNCc1ccc(C(N)=O)cc1. The number of carbonyl (C=O) groups is 1. The number of benzene rings is 1. The van der Waals surface area contributed by atoms with Crippen molar-refractivity contribution in [3.8, 4) is 11.8 Å². The fourth-order valence-electron chi connectivity index (χ4n) is 1.30. The van der Waals surface area contributed by atoms with E-state index in [2.05, 4.69) is 17.2 Å². The molecule has 1 aromatic rings. The summed E-state index contributed by atoms with van der Waals surface area (Å²) in [5.74, 6) is 5.44. The zero-order chi connectivity index (χ0) is 11.8. The minimum Gasteiger partial charge on any atom is -0.366 e. The highest BCUT2D eigenvalue weighted by molar-refractivity contribution is 5.92. The number of hydrogen-bond donors (Lipinski definition) is 2. The Hall–Kier alpha value is -1.79. The Labute approximate surface area is 96.0 Å². The van der Waals surface area contributed by atoms with Gasteiger partial charge in [-0.25, -0.2) is 0 Å². The molecule has 1 rings (SSSR count). The molecule has 16 heavy (non-hydrogen) atoms. The van der Waals surface area contributed by atoms with Crippen LogP contribution in [0.15, 0.2) is 24.3 Å². The molecule has 0 saturated heterocycles. The summed E-state index contributed by atoms with van der Waals surface area (Å²) >= 11 is 0. The summed E-state index contributed by atoms with van der Waals surface area (Å²) in [4.78, 5) is 10.8. The fraction of sp³-hybridized carbons (Fsp3) is 0.308. The van der Waals surface area contributed by atoms with Crippen molar-refractivity contribution in [2.24, 2.45) is 5.73 Å². The number of primary amides is 1. The average molecular weight is 216 g/mol. The van der Waals surface area contributed by atoms with Crippen LogP contribution in [0.4, 0.5) is 0 Å². The van der Waals surface area contributed by atoms with Crippen LogP contribution in [-0.2, 0) is 6.54 Å². The first-order valence-corrected chi connectivity index (χ1v) is 5.23. The highest BCUT2D eigenvalue weighted by atomic mass is 16.1. The summed E-state index contributed by atoms with van der Waals surface area (Å²) in [6, 6.07) is 7.29. The quantitative estimate of drug-likeness (QED) is 0.575. The zero-order valence-corrected chi connectivity index (χ0v) is 9.42. The molecule has 0 radical (unpaired) electrons. The third-order valence-corrected chi connectivity index (χ3v) is 2.17. The van der Waals surface area contributed by atoms with Crippen molar-refractivity contribution in [2.75, 3.05) is 6.54 Å². The minimum absolute atomic E-state index is 0.391. The van der Waals surface area contributed by atoms with Crippen LogP contribution in [0.3, 0.4) is 0 Å². The van der Waals surface area contributed by atoms with Crippen LogP contribution in [0.5, 0.6) is 0 Å². The first kappa shape index (κ1) is 12.3. The molecule has 3 nitrogen and oxygen atoms in total. The van der Waals surface area contributed by atoms with Crippen molar-refractivity contribution in [1.29, 1.82) is 0 Å². The molecule has 0 aliphatic heterocycles. The maximum atomic E-state index is 10.8. The second kappa shape index (κ2) is 6.65. The molecule has 0 aromatic heterocycles. The van der Waals surface area contributed by atoms with Crippen LogP contribution >= 0.6 is 0 Å². The van der Waals surface area contributed by atoms with Gasteiger partial charge < -0.3 is 11.1 Å². The maximum Gasteiger partial charge on any atom is 0.248 e. The molecule has 0 bridgehead atoms. The molecular weight excluding hydrogens is 200 g/mol. The number of nitrogens with two attached hydrogens (primary N) is 1. The largest absolute Gasteiger partial charge is 0.366 e. The molecular formula is C13H16N2O. The lowest BCUT2D eigenvalue weighted by molar-refractivity contribution is 0.100. The molecule has 84 valence electrons. The highest BCUT2D eigenvalue weighted by Crippen LogP contribution is 2.03. The number of amides is 1. The molecule has 0 atom stereocenters. The number of carbonyl (C=O) groups excluding carboxylic acids is 1. The normalized spacial score (nSPS) is 9.31. The predicted octanol–water partition coefficient (Wildman–Crippen LogP) is 1.29. The van der Waals surface area contributed by atoms with E-state index >= 15 is 0 Å². The Balaban J connectivity index is 2.36. The van der Waals surface area contributed by atoms with E-state index in [1.807, 2.05) is 19.1 Å². The molecule has 3 heteroatoms. The van der Waals surface area contributed by atoms with Crippen LogP contribution in [-0.4, -0.2) is 12.5 Å². The molecule has 0 aliphatic carbocycles. The first-order chi connectivity index (χ1) is 7.74. The van der Waals surface area contributed by atoms with E-state index in [9.17, 15) is 4.79 Å². The second-order valence-corrected chi connectivity index (χ2v) is 3.41. The third-order valence-electron chi connectivity index (χ3n) is 2.17. The van der Waals surface area contributed by atoms with E-state index in [0.717, 1.165) is 25.1 Å².